The lowest BCUT2D eigenvalue weighted by atomic mass is 9.78. The standard InChI is InChI=1S/C15H19NO2/c17-14-10-15(12-18-14)6-8-16(9-7-15)11-13-4-2-1-3-5-13/h1-5H,6-12H2. The van der Waals surface area contributed by atoms with E-state index in [4.69, 9.17) is 4.74 Å². The molecular formula is C15H19NO2. The molecule has 2 saturated heterocycles. The van der Waals surface area contributed by atoms with E-state index in [0.29, 0.717) is 13.0 Å². The number of nitrogens with zero attached hydrogens (tertiary/aromatic N) is 1. The average molecular weight is 245 g/mol. The lowest BCUT2D eigenvalue weighted by Crippen LogP contribution is -2.40. The number of rotatable bonds is 2. The van der Waals surface area contributed by atoms with Crippen molar-refractivity contribution in [2.24, 2.45) is 5.41 Å². The van der Waals surface area contributed by atoms with Crippen molar-refractivity contribution in [3.8, 4) is 0 Å². The van der Waals surface area contributed by atoms with E-state index in [9.17, 15) is 4.79 Å². The van der Waals surface area contributed by atoms with Gasteiger partial charge in [0.25, 0.3) is 0 Å². The number of carbonyl (C=O) groups excluding carboxylic acids is 1. The Balaban J connectivity index is 1.56. The smallest absolute Gasteiger partial charge is 0.306 e. The zero-order chi connectivity index (χ0) is 12.4. The van der Waals surface area contributed by atoms with Crippen LogP contribution in [0.5, 0.6) is 0 Å². The van der Waals surface area contributed by atoms with E-state index in [2.05, 4.69) is 35.2 Å². The van der Waals surface area contributed by atoms with E-state index >= 15 is 0 Å². The number of carbonyl (C=O) groups is 1. The molecule has 0 radical (unpaired) electrons. The summed E-state index contributed by atoms with van der Waals surface area (Å²) in [5, 5.41) is 0. The Kier molecular flexibility index (Phi) is 3.08. The molecule has 2 aliphatic rings. The molecule has 0 amide bonds. The van der Waals surface area contributed by atoms with Crippen molar-refractivity contribution in [3.05, 3.63) is 35.9 Å². The quantitative estimate of drug-likeness (QED) is 0.748. The molecule has 18 heavy (non-hydrogen) atoms. The highest BCUT2D eigenvalue weighted by Gasteiger charge is 2.42. The van der Waals surface area contributed by atoms with E-state index in [1.54, 1.807) is 0 Å². The molecule has 3 rings (SSSR count). The fourth-order valence-electron chi connectivity index (χ4n) is 2.99. The summed E-state index contributed by atoms with van der Waals surface area (Å²) < 4.78 is 5.14. The summed E-state index contributed by atoms with van der Waals surface area (Å²) in [6.07, 6.45) is 2.81. The van der Waals surface area contributed by atoms with Crippen LogP contribution in [-0.4, -0.2) is 30.6 Å². The monoisotopic (exact) mass is 245 g/mol. The first kappa shape index (κ1) is 11.7. The van der Waals surface area contributed by atoms with E-state index in [1.807, 2.05) is 0 Å². The maximum Gasteiger partial charge on any atom is 0.306 e. The van der Waals surface area contributed by atoms with E-state index in [-0.39, 0.29) is 11.4 Å². The van der Waals surface area contributed by atoms with Crippen molar-refractivity contribution in [1.29, 1.82) is 0 Å². The third kappa shape index (κ3) is 2.41. The predicted molar refractivity (Wildman–Crippen MR) is 69.0 cm³/mol. The molecule has 0 bridgehead atoms. The van der Waals surface area contributed by atoms with Crippen LogP contribution in [-0.2, 0) is 16.1 Å². The second-order valence-corrected chi connectivity index (χ2v) is 5.60. The number of hydrogen-bond acceptors (Lipinski definition) is 3. The zero-order valence-electron chi connectivity index (χ0n) is 10.6. The number of ether oxygens (including phenoxy) is 1. The Bertz CT molecular complexity index is 421. The Morgan fingerprint density at radius 3 is 2.50 bits per heavy atom. The molecule has 96 valence electrons. The van der Waals surface area contributed by atoms with Crippen LogP contribution >= 0.6 is 0 Å². The van der Waals surface area contributed by atoms with Gasteiger partial charge in [0.1, 0.15) is 0 Å². The SMILES string of the molecule is O=C1CC2(CCN(Cc3ccccc3)CC2)CO1. The summed E-state index contributed by atoms with van der Waals surface area (Å²) in [7, 11) is 0. The van der Waals surface area contributed by atoms with Crippen molar-refractivity contribution in [2.45, 2.75) is 25.8 Å². The second-order valence-electron chi connectivity index (χ2n) is 5.60. The van der Waals surface area contributed by atoms with Gasteiger partial charge in [-0.15, -0.1) is 0 Å². The van der Waals surface area contributed by atoms with E-state index < -0.39 is 0 Å². The Morgan fingerprint density at radius 2 is 1.89 bits per heavy atom. The van der Waals surface area contributed by atoms with Crippen molar-refractivity contribution < 1.29 is 9.53 Å². The van der Waals surface area contributed by atoms with Crippen LogP contribution in [0.2, 0.25) is 0 Å². The third-order valence-corrected chi connectivity index (χ3v) is 4.22. The third-order valence-electron chi connectivity index (χ3n) is 4.22. The number of hydrogen-bond donors (Lipinski definition) is 0. The van der Waals surface area contributed by atoms with Crippen molar-refractivity contribution in [1.82, 2.24) is 4.90 Å². The molecule has 0 saturated carbocycles. The van der Waals surface area contributed by atoms with Crippen molar-refractivity contribution in [3.63, 3.8) is 0 Å². The molecule has 1 aromatic rings. The van der Waals surface area contributed by atoms with Gasteiger partial charge in [-0.25, -0.2) is 0 Å². The van der Waals surface area contributed by atoms with Crippen molar-refractivity contribution in [2.75, 3.05) is 19.7 Å². The predicted octanol–water partition coefficient (Wildman–Crippen LogP) is 2.22. The van der Waals surface area contributed by atoms with Crippen LogP contribution in [0.4, 0.5) is 0 Å². The van der Waals surface area contributed by atoms with Gasteiger partial charge >= 0.3 is 5.97 Å². The normalized spacial score (nSPS) is 23.2. The summed E-state index contributed by atoms with van der Waals surface area (Å²) in [5.74, 6) is -0.00786. The van der Waals surface area contributed by atoms with E-state index in [1.165, 1.54) is 5.56 Å². The number of piperidine rings is 1. The minimum atomic E-state index is -0.00786. The molecule has 3 heteroatoms. The van der Waals surface area contributed by atoms with Crippen LogP contribution in [0.15, 0.2) is 30.3 Å². The molecule has 3 nitrogen and oxygen atoms in total. The highest BCUT2D eigenvalue weighted by molar-refractivity contribution is 5.72. The largest absolute Gasteiger partial charge is 0.465 e. The van der Waals surface area contributed by atoms with Crippen LogP contribution in [0, 0.1) is 5.41 Å². The Hall–Kier alpha value is -1.35. The van der Waals surface area contributed by atoms with Gasteiger partial charge in [0.15, 0.2) is 0 Å². The highest BCUT2D eigenvalue weighted by Crippen LogP contribution is 2.39. The maximum absolute atomic E-state index is 11.3. The van der Waals surface area contributed by atoms with Gasteiger partial charge in [0, 0.05) is 12.0 Å². The number of cyclic esters (lactones) is 1. The average Bonchev–Trinajstić information content (AvgIpc) is 2.75. The minimum absolute atomic E-state index is 0.00786. The second kappa shape index (κ2) is 4.73. The minimum Gasteiger partial charge on any atom is -0.465 e. The van der Waals surface area contributed by atoms with Gasteiger partial charge in [0.2, 0.25) is 0 Å². The summed E-state index contributed by atoms with van der Waals surface area (Å²) in [5.41, 5.74) is 1.52. The zero-order valence-corrected chi connectivity index (χ0v) is 10.6. The molecule has 1 aromatic carbocycles. The molecule has 0 aliphatic carbocycles. The van der Waals surface area contributed by atoms with Gasteiger partial charge < -0.3 is 4.74 Å². The van der Waals surface area contributed by atoms with Crippen LogP contribution in [0.3, 0.4) is 0 Å². The number of esters is 1. The molecule has 2 aliphatic heterocycles. The molecule has 0 aromatic heterocycles. The molecule has 0 atom stereocenters. The van der Waals surface area contributed by atoms with E-state index in [0.717, 1.165) is 32.5 Å². The van der Waals surface area contributed by atoms with Gasteiger partial charge in [-0.3, -0.25) is 9.69 Å². The molecule has 2 heterocycles. The first-order valence-corrected chi connectivity index (χ1v) is 6.68. The lowest BCUT2D eigenvalue weighted by Gasteiger charge is -2.37. The Labute approximate surface area is 108 Å². The highest BCUT2D eigenvalue weighted by atomic mass is 16.5. The number of benzene rings is 1. The lowest BCUT2D eigenvalue weighted by molar-refractivity contribution is -0.137. The molecule has 0 N–H and O–H groups in total. The summed E-state index contributed by atoms with van der Waals surface area (Å²) in [6, 6.07) is 10.6. The van der Waals surface area contributed by atoms with Gasteiger partial charge in [0.05, 0.1) is 13.0 Å². The van der Waals surface area contributed by atoms with Crippen LogP contribution in [0.25, 0.3) is 0 Å². The fourth-order valence-corrected chi connectivity index (χ4v) is 2.99. The van der Waals surface area contributed by atoms with Gasteiger partial charge in [-0.2, -0.15) is 0 Å². The van der Waals surface area contributed by atoms with Gasteiger partial charge in [-0.05, 0) is 31.5 Å². The van der Waals surface area contributed by atoms with Crippen molar-refractivity contribution >= 4 is 5.97 Å². The van der Waals surface area contributed by atoms with Crippen LogP contribution in [0.1, 0.15) is 24.8 Å². The topological polar surface area (TPSA) is 29.5 Å². The molecule has 0 unspecified atom stereocenters. The van der Waals surface area contributed by atoms with Crippen LogP contribution < -0.4 is 0 Å². The Morgan fingerprint density at radius 1 is 1.17 bits per heavy atom. The first-order chi connectivity index (χ1) is 8.76. The molecular weight excluding hydrogens is 226 g/mol. The summed E-state index contributed by atoms with van der Waals surface area (Å²) >= 11 is 0. The fraction of sp³-hybridized carbons (Fsp3) is 0.533. The first-order valence-electron chi connectivity index (χ1n) is 6.68. The molecule has 1 spiro atoms. The molecule has 2 fully saturated rings. The summed E-state index contributed by atoms with van der Waals surface area (Å²) in [6.45, 7) is 3.81. The summed E-state index contributed by atoms with van der Waals surface area (Å²) in [4.78, 5) is 13.7. The van der Waals surface area contributed by atoms with Gasteiger partial charge in [-0.1, -0.05) is 30.3 Å². The number of likely N-dealkylation sites (tertiary alicyclic amines) is 1. The maximum atomic E-state index is 11.3.